The lowest BCUT2D eigenvalue weighted by Crippen LogP contribution is -2.42. The number of carbonyl (C=O) groups is 1. The minimum atomic E-state index is 0.0514. The van der Waals surface area contributed by atoms with Gasteiger partial charge in [-0.2, -0.15) is 0 Å². The van der Waals surface area contributed by atoms with Crippen LogP contribution in [0.15, 0.2) is 23.7 Å². The minimum Gasteiger partial charge on any atom is -0.329 e. The molecule has 1 aromatic carbocycles. The molecule has 3 heterocycles. The lowest BCUT2D eigenvalue weighted by molar-refractivity contribution is 0.0663. The van der Waals surface area contributed by atoms with Crippen molar-refractivity contribution in [3.05, 3.63) is 40.9 Å². The van der Waals surface area contributed by atoms with Crippen molar-refractivity contribution >= 4 is 27.5 Å². The Balaban J connectivity index is 1.69. The second-order valence-electron chi connectivity index (χ2n) is 7.01. The van der Waals surface area contributed by atoms with Gasteiger partial charge in [-0.25, -0.2) is 4.98 Å². The molecule has 2 aromatic heterocycles. The molecule has 0 saturated heterocycles. The van der Waals surface area contributed by atoms with Crippen LogP contribution in [0.25, 0.3) is 10.2 Å². The number of aryl methyl sites for hydroxylation is 1. The SMILES string of the molecule is Cc1nnc2n1[C@@H](CC(C)C)CN(C(=O)c1cccc3ncsc13)C2. The third-order valence-electron chi connectivity index (χ3n) is 4.68. The maximum atomic E-state index is 13.2. The molecular weight excluding hydrogens is 334 g/mol. The third kappa shape index (κ3) is 2.82. The van der Waals surface area contributed by atoms with Gasteiger partial charge in [-0.05, 0) is 31.4 Å². The van der Waals surface area contributed by atoms with E-state index in [-0.39, 0.29) is 11.9 Å². The smallest absolute Gasteiger partial charge is 0.255 e. The van der Waals surface area contributed by atoms with Crippen LogP contribution in [0.4, 0.5) is 0 Å². The molecule has 0 saturated carbocycles. The van der Waals surface area contributed by atoms with Crippen LogP contribution in [0.2, 0.25) is 0 Å². The van der Waals surface area contributed by atoms with Crippen LogP contribution in [0.3, 0.4) is 0 Å². The summed E-state index contributed by atoms with van der Waals surface area (Å²) in [7, 11) is 0. The highest BCUT2D eigenvalue weighted by Gasteiger charge is 2.32. The Kier molecular flexibility index (Phi) is 4.03. The van der Waals surface area contributed by atoms with E-state index in [1.165, 1.54) is 11.3 Å². The Labute approximate surface area is 150 Å². The molecule has 1 aliphatic heterocycles. The highest BCUT2D eigenvalue weighted by molar-refractivity contribution is 7.17. The molecule has 4 rings (SSSR count). The van der Waals surface area contributed by atoms with Crippen molar-refractivity contribution in [2.75, 3.05) is 6.54 Å². The van der Waals surface area contributed by atoms with Crippen molar-refractivity contribution in [3.8, 4) is 0 Å². The molecule has 7 heteroatoms. The molecule has 0 aliphatic carbocycles. The Morgan fingerprint density at radius 2 is 2.20 bits per heavy atom. The number of benzene rings is 1. The molecule has 1 amide bonds. The summed E-state index contributed by atoms with van der Waals surface area (Å²) >= 11 is 1.52. The van der Waals surface area contributed by atoms with E-state index in [4.69, 9.17) is 0 Å². The van der Waals surface area contributed by atoms with E-state index in [9.17, 15) is 4.79 Å². The van der Waals surface area contributed by atoms with E-state index < -0.39 is 0 Å². The zero-order valence-corrected chi connectivity index (χ0v) is 15.5. The lowest BCUT2D eigenvalue weighted by Gasteiger charge is -2.35. The number of nitrogens with zero attached hydrogens (tertiary/aromatic N) is 5. The van der Waals surface area contributed by atoms with Gasteiger partial charge in [-0.3, -0.25) is 4.79 Å². The third-order valence-corrected chi connectivity index (χ3v) is 5.56. The lowest BCUT2D eigenvalue weighted by atomic mass is 10.0. The predicted octanol–water partition coefficient (Wildman–Crippen LogP) is 3.44. The Hall–Kier alpha value is -2.28. The monoisotopic (exact) mass is 355 g/mol. The second kappa shape index (κ2) is 6.22. The summed E-state index contributed by atoms with van der Waals surface area (Å²) in [5.74, 6) is 2.40. The Morgan fingerprint density at radius 1 is 1.36 bits per heavy atom. The van der Waals surface area contributed by atoms with Crippen molar-refractivity contribution in [2.24, 2.45) is 5.92 Å². The van der Waals surface area contributed by atoms with E-state index in [0.717, 1.165) is 33.8 Å². The number of carbonyl (C=O) groups excluding carboxylic acids is 1. The molecular formula is C18H21N5OS. The van der Waals surface area contributed by atoms with Crippen molar-refractivity contribution in [3.63, 3.8) is 0 Å². The number of rotatable bonds is 3. The maximum absolute atomic E-state index is 13.2. The van der Waals surface area contributed by atoms with Crippen molar-refractivity contribution in [1.29, 1.82) is 0 Å². The second-order valence-corrected chi connectivity index (χ2v) is 7.86. The average molecular weight is 355 g/mol. The van der Waals surface area contributed by atoms with Gasteiger partial charge in [0.1, 0.15) is 5.82 Å². The average Bonchev–Trinajstić information content (AvgIpc) is 3.20. The number of thiazole rings is 1. The van der Waals surface area contributed by atoms with Crippen LogP contribution in [-0.4, -0.2) is 37.1 Å². The normalized spacial score (nSPS) is 17.3. The van der Waals surface area contributed by atoms with Crippen molar-refractivity contribution in [2.45, 2.75) is 39.8 Å². The number of aromatic nitrogens is 4. The molecule has 3 aromatic rings. The molecule has 1 aliphatic rings. The fraction of sp³-hybridized carbons (Fsp3) is 0.444. The van der Waals surface area contributed by atoms with Crippen LogP contribution in [0, 0.1) is 12.8 Å². The topological polar surface area (TPSA) is 63.9 Å². The van der Waals surface area contributed by atoms with E-state index in [1.807, 2.05) is 30.0 Å². The first kappa shape index (κ1) is 16.2. The van der Waals surface area contributed by atoms with Crippen molar-refractivity contribution in [1.82, 2.24) is 24.6 Å². The van der Waals surface area contributed by atoms with Crippen LogP contribution in [0.1, 0.15) is 48.3 Å². The van der Waals surface area contributed by atoms with Gasteiger partial charge in [0, 0.05) is 6.54 Å². The van der Waals surface area contributed by atoms with Gasteiger partial charge in [-0.15, -0.1) is 21.5 Å². The van der Waals surface area contributed by atoms with Gasteiger partial charge < -0.3 is 9.47 Å². The molecule has 1 atom stereocenters. The van der Waals surface area contributed by atoms with Gasteiger partial charge in [0.15, 0.2) is 5.82 Å². The van der Waals surface area contributed by atoms with E-state index >= 15 is 0 Å². The first-order chi connectivity index (χ1) is 12.0. The zero-order chi connectivity index (χ0) is 17.6. The minimum absolute atomic E-state index is 0.0514. The van der Waals surface area contributed by atoms with Gasteiger partial charge in [-0.1, -0.05) is 19.9 Å². The first-order valence-electron chi connectivity index (χ1n) is 8.56. The van der Waals surface area contributed by atoms with Crippen LogP contribution < -0.4 is 0 Å². The molecule has 0 spiro atoms. The molecule has 0 N–H and O–H groups in total. The van der Waals surface area contributed by atoms with Crippen LogP contribution in [-0.2, 0) is 6.54 Å². The maximum Gasteiger partial charge on any atom is 0.255 e. The quantitative estimate of drug-likeness (QED) is 0.722. The summed E-state index contributed by atoms with van der Waals surface area (Å²) < 4.78 is 3.16. The number of amides is 1. The molecule has 0 fully saturated rings. The number of hydrogen-bond acceptors (Lipinski definition) is 5. The summed E-state index contributed by atoms with van der Waals surface area (Å²) in [6.45, 7) is 7.59. The summed E-state index contributed by atoms with van der Waals surface area (Å²) in [6, 6.07) is 5.96. The first-order valence-corrected chi connectivity index (χ1v) is 9.44. The van der Waals surface area contributed by atoms with Gasteiger partial charge in [0.05, 0.1) is 33.9 Å². The Bertz CT molecular complexity index is 929. The van der Waals surface area contributed by atoms with Gasteiger partial charge in [0.25, 0.3) is 5.91 Å². The molecule has 0 unspecified atom stereocenters. The van der Waals surface area contributed by atoms with Crippen molar-refractivity contribution < 1.29 is 4.79 Å². The standard InChI is InChI=1S/C18H21N5OS/c1-11(2)7-13-8-22(9-16-21-20-12(3)23(13)16)18(24)14-5-4-6-15-17(14)25-10-19-15/h4-6,10-11,13H,7-9H2,1-3H3/t13-/m0/s1. The predicted molar refractivity (Wildman–Crippen MR) is 97.6 cm³/mol. The van der Waals surface area contributed by atoms with Crippen LogP contribution in [0.5, 0.6) is 0 Å². The highest BCUT2D eigenvalue weighted by Crippen LogP contribution is 2.30. The van der Waals surface area contributed by atoms with Gasteiger partial charge >= 0.3 is 0 Å². The fourth-order valence-electron chi connectivity index (χ4n) is 3.67. The largest absolute Gasteiger partial charge is 0.329 e. The zero-order valence-electron chi connectivity index (χ0n) is 14.6. The highest BCUT2D eigenvalue weighted by atomic mass is 32.1. The van der Waals surface area contributed by atoms with E-state index in [2.05, 4.69) is 33.6 Å². The summed E-state index contributed by atoms with van der Waals surface area (Å²) in [6.07, 6.45) is 1.00. The van der Waals surface area contributed by atoms with Gasteiger partial charge in [0.2, 0.25) is 0 Å². The summed E-state index contributed by atoms with van der Waals surface area (Å²) in [5, 5.41) is 8.53. The van der Waals surface area contributed by atoms with E-state index in [0.29, 0.717) is 19.0 Å². The molecule has 0 radical (unpaired) electrons. The molecule has 0 bridgehead atoms. The Morgan fingerprint density at radius 3 is 3.00 bits per heavy atom. The molecule has 130 valence electrons. The number of fused-ring (bicyclic) bond motifs is 2. The summed E-state index contributed by atoms with van der Waals surface area (Å²) in [4.78, 5) is 19.4. The van der Waals surface area contributed by atoms with Crippen LogP contribution >= 0.6 is 11.3 Å². The fourth-order valence-corrected chi connectivity index (χ4v) is 4.47. The molecule has 25 heavy (non-hydrogen) atoms. The molecule has 6 nitrogen and oxygen atoms in total. The van der Waals surface area contributed by atoms with E-state index in [1.54, 1.807) is 5.51 Å². The number of hydrogen-bond donors (Lipinski definition) is 0. The summed E-state index contributed by atoms with van der Waals surface area (Å²) in [5.41, 5.74) is 3.40.